The number of hydrogen-bond acceptors (Lipinski definition) is 5. The van der Waals surface area contributed by atoms with Crippen LogP contribution < -0.4 is 14.8 Å². The number of benzene rings is 2. The van der Waals surface area contributed by atoms with Gasteiger partial charge in [-0.2, -0.15) is 0 Å². The molecule has 0 bridgehead atoms. The van der Waals surface area contributed by atoms with Gasteiger partial charge in [0.05, 0.1) is 14.2 Å². The van der Waals surface area contributed by atoms with Crippen molar-refractivity contribution in [2.45, 2.75) is 18.9 Å². The number of Topliss-reactive ketones (excluding diaryl/α,β-unsaturated/α-hetero) is 1. The van der Waals surface area contributed by atoms with Gasteiger partial charge in [-0.25, -0.2) is 4.98 Å². The summed E-state index contributed by atoms with van der Waals surface area (Å²) in [5.41, 5.74) is 1.37. The molecule has 0 aliphatic carbocycles. The lowest BCUT2D eigenvalue weighted by molar-refractivity contribution is -0.121. The fraction of sp³-hybridized carbons (Fsp3) is 0.261. The summed E-state index contributed by atoms with van der Waals surface area (Å²) in [7, 11) is 5.00. The normalized spacial score (nSPS) is 11.6. The molecule has 7 nitrogen and oxygen atoms in total. The maximum absolute atomic E-state index is 12.7. The number of ether oxygens (including phenoxy) is 2. The minimum absolute atomic E-state index is 0.0673. The van der Waals surface area contributed by atoms with Crippen LogP contribution in [0.15, 0.2) is 60.9 Å². The van der Waals surface area contributed by atoms with E-state index in [1.807, 2.05) is 36.0 Å². The number of methoxy groups -OCH3 is 2. The molecular formula is C23H25N3O4. The lowest BCUT2D eigenvalue weighted by Crippen LogP contribution is -2.31. The summed E-state index contributed by atoms with van der Waals surface area (Å²) < 4.78 is 12.6. The van der Waals surface area contributed by atoms with E-state index in [0.29, 0.717) is 22.9 Å². The molecular weight excluding hydrogens is 382 g/mol. The topological polar surface area (TPSA) is 82.4 Å². The van der Waals surface area contributed by atoms with E-state index in [1.165, 1.54) is 0 Å². The van der Waals surface area contributed by atoms with Crippen LogP contribution in [0.2, 0.25) is 0 Å². The number of rotatable bonds is 9. The van der Waals surface area contributed by atoms with Crippen LogP contribution in [-0.2, 0) is 11.8 Å². The van der Waals surface area contributed by atoms with Gasteiger partial charge in [0.1, 0.15) is 23.4 Å². The molecule has 2 aromatic carbocycles. The highest BCUT2D eigenvalue weighted by molar-refractivity contribution is 5.97. The van der Waals surface area contributed by atoms with Gasteiger partial charge in [-0.15, -0.1) is 0 Å². The number of amides is 1. The zero-order chi connectivity index (χ0) is 21.5. The van der Waals surface area contributed by atoms with Crippen molar-refractivity contribution in [3.05, 3.63) is 77.9 Å². The van der Waals surface area contributed by atoms with Gasteiger partial charge in [0.2, 0.25) is 5.91 Å². The molecule has 0 radical (unpaired) electrons. The average Bonchev–Trinajstić information content (AvgIpc) is 3.21. The van der Waals surface area contributed by atoms with Crippen LogP contribution in [0.4, 0.5) is 0 Å². The number of nitrogens with one attached hydrogen (secondary N) is 1. The van der Waals surface area contributed by atoms with Crippen molar-refractivity contribution in [3.63, 3.8) is 0 Å². The molecule has 0 saturated heterocycles. The van der Waals surface area contributed by atoms with Gasteiger partial charge in [-0.1, -0.05) is 30.3 Å². The fourth-order valence-electron chi connectivity index (χ4n) is 3.18. The van der Waals surface area contributed by atoms with E-state index >= 15 is 0 Å². The van der Waals surface area contributed by atoms with Gasteiger partial charge >= 0.3 is 0 Å². The Hall–Kier alpha value is -3.61. The van der Waals surface area contributed by atoms with Crippen LogP contribution in [-0.4, -0.2) is 35.5 Å². The molecule has 1 amide bonds. The van der Waals surface area contributed by atoms with Crippen molar-refractivity contribution < 1.29 is 19.1 Å². The van der Waals surface area contributed by atoms with Crippen LogP contribution in [0.25, 0.3) is 0 Å². The van der Waals surface area contributed by atoms with Gasteiger partial charge < -0.3 is 19.4 Å². The minimum atomic E-state index is -0.520. The zero-order valence-corrected chi connectivity index (χ0v) is 17.3. The number of ketones is 1. The van der Waals surface area contributed by atoms with Crippen LogP contribution in [0, 0.1) is 0 Å². The van der Waals surface area contributed by atoms with Crippen molar-refractivity contribution in [1.29, 1.82) is 0 Å². The highest BCUT2D eigenvalue weighted by atomic mass is 16.5. The molecule has 1 unspecified atom stereocenters. The number of imidazole rings is 1. The van der Waals surface area contributed by atoms with E-state index in [9.17, 15) is 9.59 Å². The molecule has 0 aliphatic rings. The summed E-state index contributed by atoms with van der Waals surface area (Å²) in [5, 5.41) is 3.00. The SMILES string of the molecule is COc1cc(OC)cc(C(NC(=O)CCC(=O)c2ccccc2)c2nccn2C)c1. The number of hydrogen-bond donors (Lipinski definition) is 1. The van der Waals surface area contributed by atoms with E-state index in [0.717, 1.165) is 5.56 Å². The summed E-state index contributed by atoms with van der Waals surface area (Å²) in [6.45, 7) is 0. The fourth-order valence-corrected chi connectivity index (χ4v) is 3.18. The van der Waals surface area contributed by atoms with Crippen LogP contribution >= 0.6 is 0 Å². The van der Waals surface area contributed by atoms with Crippen LogP contribution in [0.3, 0.4) is 0 Å². The number of carbonyl (C=O) groups is 2. The molecule has 3 rings (SSSR count). The van der Waals surface area contributed by atoms with E-state index in [-0.39, 0.29) is 24.5 Å². The van der Waals surface area contributed by atoms with E-state index in [4.69, 9.17) is 9.47 Å². The molecule has 1 N–H and O–H groups in total. The molecule has 1 heterocycles. The lowest BCUT2D eigenvalue weighted by atomic mass is 10.0. The Kier molecular flexibility index (Phi) is 6.85. The molecule has 0 aliphatic heterocycles. The Balaban J connectivity index is 1.79. The van der Waals surface area contributed by atoms with Crippen molar-refractivity contribution in [1.82, 2.24) is 14.9 Å². The Labute approximate surface area is 175 Å². The number of nitrogens with zero attached hydrogens (tertiary/aromatic N) is 2. The van der Waals surface area contributed by atoms with Crippen molar-refractivity contribution >= 4 is 11.7 Å². The van der Waals surface area contributed by atoms with Gasteiger partial charge in [-0.05, 0) is 17.7 Å². The first-order valence-corrected chi connectivity index (χ1v) is 9.59. The maximum Gasteiger partial charge on any atom is 0.221 e. The number of aryl methyl sites for hydroxylation is 1. The molecule has 0 saturated carbocycles. The molecule has 0 fully saturated rings. The first-order chi connectivity index (χ1) is 14.5. The monoisotopic (exact) mass is 407 g/mol. The first-order valence-electron chi connectivity index (χ1n) is 9.59. The molecule has 156 valence electrons. The smallest absolute Gasteiger partial charge is 0.221 e. The molecule has 1 aromatic heterocycles. The highest BCUT2D eigenvalue weighted by Crippen LogP contribution is 2.29. The van der Waals surface area contributed by atoms with Gasteiger partial charge in [0, 0.05) is 43.9 Å². The summed E-state index contributed by atoms with van der Waals surface area (Å²) in [4.78, 5) is 29.4. The summed E-state index contributed by atoms with van der Waals surface area (Å²) >= 11 is 0. The van der Waals surface area contributed by atoms with Gasteiger partial charge in [0.25, 0.3) is 0 Å². The van der Waals surface area contributed by atoms with Crippen molar-refractivity contribution in [2.24, 2.45) is 7.05 Å². The van der Waals surface area contributed by atoms with E-state index < -0.39 is 6.04 Å². The van der Waals surface area contributed by atoms with Gasteiger partial charge in [-0.3, -0.25) is 9.59 Å². The first kappa shape index (κ1) is 21.1. The molecule has 1 atom stereocenters. The third kappa shape index (κ3) is 5.05. The zero-order valence-electron chi connectivity index (χ0n) is 17.3. The van der Waals surface area contributed by atoms with Crippen molar-refractivity contribution in [3.8, 4) is 11.5 Å². The summed E-state index contributed by atoms with van der Waals surface area (Å²) in [5.74, 6) is 1.57. The Bertz CT molecular complexity index is 992. The maximum atomic E-state index is 12.7. The predicted octanol–water partition coefficient (Wildman–Crippen LogP) is 3.31. The third-order valence-electron chi connectivity index (χ3n) is 4.80. The molecule has 7 heteroatoms. The summed E-state index contributed by atoms with van der Waals surface area (Å²) in [6, 6.07) is 13.9. The Morgan fingerprint density at radius 1 is 1.03 bits per heavy atom. The average molecular weight is 407 g/mol. The Morgan fingerprint density at radius 2 is 1.70 bits per heavy atom. The number of carbonyl (C=O) groups excluding carboxylic acids is 2. The quantitative estimate of drug-likeness (QED) is 0.551. The summed E-state index contributed by atoms with van der Waals surface area (Å²) in [6.07, 6.45) is 3.69. The van der Waals surface area contributed by atoms with E-state index in [2.05, 4.69) is 10.3 Å². The second-order valence-corrected chi connectivity index (χ2v) is 6.83. The van der Waals surface area contributed by atoms with Crippen LogP contribution in [0.5, 0.6) is 11.5 Å². The molecule has 30 heavy (non-hydrogen) atoms. The van der Waals surface area contributed by atoms with E-state index in [1.54, 1.807) is 50.7 Å². The lowest BCUT2D eigenvalue weighted by Gasteiger charge is -2.20. The molecule has 3 aromatic rings. The number of aromatic nitrogens is 2. The molecule has 0 spiro atoms. The minimum Gasteiger partial charge on any atom is -0.497 e. The second kappa shape index (κ2) is 9.73. The Morgan fingerprint density at radius 3 is 2.27 bits per heavy atom. The predicted molar refractivity (Wildman–Crippen MR) is 113 cm³/mol. The second-order valence-electron chi connectivity index (χ2n) is 6.83. The standard InChI is InChI=1S/C23H25N3O4/c1-26-12-11-24-23(26)22(17-13-18(29-2)15-19(14-17)30-3)25-21(28)10-9-20(27)16-7-5-4-6-8-16/h4-8,11-15,22H,9-10H2,1-3H3,(H,25,28). The van der Waals surface area contributed by atoms with Gasteiger partial charge in [0.15, 0.2) is 5.78 Å². The highest BCUT2D eigenvalue weighted by Gasteiger charge is 2.22. The van der Waals surface area contributed by atoms with Crippen molar-refractivity contribution in [2.75, 3.05) is 14.2 Å². The van der Waals surface area contributed by atoms with Crippen LogP contribution in [0.1, 0.15) is 40.6 Å². The third-order valence-corrected chi connectivity index (χ3v) is 4.80. The largest absolute Gasteiger partial charge is 0.497 e.